The Morgan fingerprint density at radius 3 is 2.85 bits per heavy atom. The minimum Gasteiger partial charge on any atom is -0.480 e. The van der Waals surface area contributed by atoms with Gasteiger partial charge < -0.3 is 20.1 Å². The Morgan fingerprint density at radius 2 is 2.06 bits per heavy atom. The van der Waals surface area contributed by atoms with Crippen LogP contribution in [0.2, 0.25) is 0 Å². The summed E-state index contributed by atoms with van der Waals surface area (Å²) in [5.41, 5.74) is 3.52. The van der Waals surface area contributed by atoms with Crippen molar-refractivity contribution >= 4 is 27.8 Å². The highest BCUT2D eigenvalue weighted by atomic mass is 79.9. The maximum absolute atomic E-state index is 12.4. The molecule has 8 nitrogen and oxygen atoms in total. The number of nitrogens with zero attached hydrogens (tertiary/aromatic N) is 1. The number of aromatic amines is 1. The molecule has 2 heterocycles. The van der Waals surface area contributed by atoms with E-state index in [1.165, 1.54) is 36.0 Å². The van der Waals surface area contributed by atoms with E-state index in [1.807, 2.05) is 0 Å². The van der Waals surface area contributed by atoms with Crippen molar-refractivity contribution in [2.24, 2.45) is 5.92 Å². The van der Waals surface area contributed by atoms with Gasteiger partial charge in [0.1, 0.15) is 6.04 Å². The van der Waals surface area contributed by atoms with Crippen molar-refractivity contribution in [3.63, 3.8) is 0 Å². The number of ether oxygens (including phenoxy) is 1. The fraction of sp³-hybridized carbons (Fsp3) is 0.520. The molecule has 182 valence electrons. The van der Waals surface area contributed by atoms with Gasteiger partial charge in [-0.05, 0) is 84.8 Å². The highest BCUT2D eigenvalue weighted by Crippen LogP contribution is 2.34. The topological polar surface area (TPSA) is 121 Å². The van der Waals surface area contributed by atoms with Gasteiger partial charge in [-0.2, -0.15) is 0 Å². The fourth-order valence-electron chi connectivity index (χ4n) is 4.64. The lowest BCUT2D eigenvalue weighted by Crippen LogP contribution is -2.42. The van der Waals surface area contributed by atoms with Crippen LogP contribution in [0, 0.1) is 5.92 Å². The van der Waals surface area contributed by atoms with E-state index >= 15 is 0 Å². The van der Waals surface area contributed by atoms with Crippen molar-refractivity contribution in [3.05, 3.63) is 61.7 Å². The van der Waals surface area contributed by atoms with Crippen LogP contribution in [0.25, 0.3) is 0 Å². The van der Waals surface area contributed by atoms with Gasteiger partial charge in [0, 0.05) is 41.2 Å². The zero-order valence-electron chi connectivity index (χ0n) is 19.0. The second kappa shape index (κ2) is 11.3. The predicted octanol–water partition coefficient (Wildman–Crippen LogP) is 3.41. The number of pyridine rings is 2. The summed E-state index contributed by atoms with van der Waals surface area (Å²) < 4.78 is 6.24. The lowest BCUT2D eigenvalue weighted by molar-refractivity contribution is -0.140. The number of rotatable bonds is 10. The number of aliphatic carboxylic acids is 1. The van der Waals surface area contributed by atoms with E-state index in [-0.39, 0.29) is 24.7 Å². The third-order valence-electron chi connectivity index (χ3n) is 6.72. The first-order valence-electron chi connectivity index (χ1n) is 11.9. The van der Waals surface area contributed by atoms with Crippen molar-refractivity contribution in [2.45, 2.75) is 69.9 Å². The highest BCUT2D eigenvalue weighted by molar-refractivity contribution is 9.10. The number of nitrogens with one attached hydrogen (secondary N) is 2. The summed E-state index contributed by atoms with van der Waals surface area (Å²) in [6, 6.07) is 4.45. The Balaban J connectivity index is 1.16. The van der Waals surface area contributed by atoms with E-state index in [0.29, 0.717) is 10.4 Å². The van der Waals surface area contributed by atoms with Crippen LogP contribution < -0.4 is 10.9 Å². The number of carboxylic acid groups (broad SMARTS) is 1. The minimum atomic E-state index is -1.14. The van der Waals surface area contributed by atoms with Crippen LogP contribution in [0.3, 0.4) is 0 Å². The smallest absolute Gasteiger partial charge is 0.326 e. The molecule has 2 aromatic heterocycles. The number of fused-ring (bicyclic) bond motifs is 1. The van der Waals surface area contributed by atoms with Crippen molar-refractivity contribution in [2.75, 3.05) is 6.61 Å². The molecule has 0 radical (unpaired) electrons. The van der Waals surface area contributed by atoms with Crippen LogP contribution in [0.4, 0.5) is 0 Å². The van der Waals surface area contributed by atoms with Crippen LogP contribution in [-0.2, 0) is 28.8 Å². The molecule has 1 saturated carbocycles. The van der Waals surface area contributed by atoms with Gasteiger partial charge in [0.05, 0.1) is 11.7 Å². The minimum absolute atomic E-state index is 0.0890. The second-order valence-corrected chi connectivity index (χ2v) is 10.1. The van der Waals surface area contributed by atoms with Gasteiger partial charge in [0.25, 0.3) is 5.91 Å². The Morgan fingerprint density at radius 1 is 1.26 bits per heavy atom. The molecule has 9 heteroatoms. The van der Waals surface area contributed by atoms with E-state index < -0.39 is 23.5 Å². The maximum Gasteiger partial charge on any atom is 0.326 e. The summed E-state index contributed by atoms with van der Waals surface area (Å²) >= 11 is 3.19. The van der Waals surface area contributed by atoms with Crippen LogP contribution >= 0.6 is 15.9 Å². The molecule has 0 saturated heterocycles. The van der Waals surface area contributed by atoms with Crippen LogP contribution in [0.5, 0.6) is 0 Å². The number of halogens is 1. The van der Waals surface area contributed by atoms with Gasteiger partial charge in [-0.25, -0.2) is 4.79 Å². The molecule has 1 fully saturated rings. The molecule has 2 aromatic rings. The normalized spacial score (nSPS) is 20.1. The molecule has 4 rings (SSSR count). The molecule has 34 heavy (non-hydrogen) atoms. The number of hydrogen-bond donors (Lipinski definition) is 3. The number of hydrogen-bond acceptors (Lipinski definition) is 5. The van der Waals surface area contributed by atoms with E-state index in [1.54, 1.807) is 0 Å². The molecule has 1 atom stereocenters. The molecular weight excluding hydrogens is 502 g/mol. The number of carboxylic acids is 1. The molecule has 3 N–H and O–H groups in total. The number of H-pyrrole nitrogens is 1. The van der Waals surface area contributed by atoms with E-state index in [0.717, 1.165) is 44.6 Å². The standard InChI is InChI=1S/C25H30BrN3O5/c26-20-14-27-23(30)13-19(20)24(31)29-22(25(32)33)9-10-34-18-11-15(12-18)5-7-17-8-6-16-3-1-2-4-21(16)28-17/h6,8,13-15,18,22H,1-5,7,9-12H2,(H,27,30)(H,29,31)(H,32,33)/t15?,18?,22-/m0/s1. The summed E-state index contributed by atoms with van der Waals surface area (Å²) in [5, 5.41) is 11.9. The lowest BCUT2D eigenvalue weighted by Gasteiger charge is -2.35. The summed E-state index contributed by atoms with van der Waals surface area (Å²) in [6.07, 6.45) is 10.4. The van der Waals surface area contributed by atoms with Crippen LogP contribution in [0.15, 0.2) is 33.7 Å². The number of aryl methyl sites for hydroxylation is 3. The van der Waals surface area contributed by atoms with Crippen LogP contribution in [-0.4, -0.2) is 45.7 Å². The number of aromatic nitrogens is 2. The van der Waals surface area contributed by atoms with Gasteiger partial charge in [-0.3, -0.25) is 14.6 Å². The molecule has 0 aromatic carbocycles. The largest absolute Gasteiger partial charge is 0.480 e. The maximum atomic E-state index is 12.4. The predicted molar refractivity (Wildman–Crippen MR) is 130 cm³/mol. The van der Waals surface area contributed by atoms with Crippen molar-refractivity contribution in [3.8, 4) is 0 Å². The molecular formula is C25H30BrN3O5. The van der Waals surface area contributed by atoms with Gasteiger partial charge in [-0.1, -0.05) is 6.07 Å². The zero-order valence-corrected chi connectivity index (χ0v) is 20.6. The fourth-order valence-corrected chi connectivity index (χ4v) is 5.05. The van der Waals surface area contributed by atoms with Crippen molar-refractivity contribution in [1.82, 2.24) is 15.3 Å². The first-order valence-corrected chi connectivity index (χ1v) is 12.7. The van der Waals surface area contributed by atoms with Crippen LogP contribution in [0.1, 0.15) is 65.8 Å². The van der Waals surface area contributed by atoms with E-state index in [9.17, 15) is 19.5 Å². The third-order valence-corrected chi connectivity index (χ3v) is 7.38. The van der Waals surface area contributed by atoms with Gasteiger partial charge >= 0.3 is 5.97 Å². The zero-order chi connectivity index (χ0) is 24.1. The highest BCUT2D eigenvalue weighted by Gasteiger charge is 2.30. The van der Waals surface area contributed by atoms with Crippen molar-refractivity contribution in [1.29, 1.82) is 0 Å². The summed E-state index contributed by atoms with van der Waals surface area (Å²) in [5.74, 6) is -1.15. The first kappa shape index (κ1) is 24.6. The van der Waals surface area contributed by atoms with E-state index in [4.69, 9.17) is 9.72 Å². The molecule has 0 aliphatic heterocycles. The third kappa shape index (κ3) is 6.33. The summed E-state index contributed by atoms with van der Waals surface area (Å²) in [6.45, 7) is 0.248. The number of carbonyl (C=O) groups is 2. The Hall–Kier alpha value is -2.52. The Labute approximate surface area is 206 Å². The summed E-state index contributed by atoms with van der Waals surface area (Å²) in [4.78, 5) is 42.8. The molecule has 0 unspecified atom stereocenters. The first-order chi connectivity index (χ1) is 16.4. The molecule has 2 aliphatic carbocycles. The molecule has 2 aliphatic rings. The molecule has 0 spiro atoms. The molecule has 1 amide bonds. The summed E-state index contributed by atoms with van der Waals surface area (Å²) in [7, 11) is 0. The van der Waals surface area contributed by atoms with Gasteiger partial charge in [0.2, 0.25) is 5.56 Å². The Bertz CT molecular complexity index is 1100. The molecule has 0 bridgehead atoms. The number of carbonyl (C=O) groups excluding carboxylic acids is 1. The van der Waals surface area contributed by atoms with Gasteiger partial charge in [-0.15, -0.1) is 0 Å². The SMILES string of the molecule is O=C(N[C@@H](CCOC1CC(CCc2ccc3c(n2)CCCC3)C1)C(=O)O)c1cc(=O)[nH]cc1Br. The Kier molecular flexibility index (Phi) is 8.15. The quantitative estimate of drug-likeness (QED) is 0.431. The number of amides is 1. The van der Waals surface area contributed by atoms with E-state index in [2.05, 4.69) is 38.4 Å². The monoisotopic (exact) mass is 531 g/mol. The lowest BCUT2D eigenvalue weighted by atomic mass is 9.79. The average molecular weight is 532 g/mol. The van der Waals surface area contributed by atoms with Crippen molar-refractivity contribution < 1.29 is 19.4 Å². The average Bonchev–Trinajstić information content (AvgIpc) is 2.80. The second-order valence-electron chi connectivity index (χ2n) is 9.20. The van der Waals surface area contributed by atoms with Gasteiger partial charge in [0.15, 0.2) is 0 Å².